The molecule has 0 aliphatic heterocycles. The number of nitrogens with zero attached hydrogens (tertiary/aromatic N) is 1. The Bertz CT molecular complexity index is 839. The van der Waals surface area contributed by atoms with Gasteiger partial charge in [0, 0.05) is 26.1 Å². The molecule has 0 atom stereocenters. The maximum absolute atomic E-state index is 13.1. The molecule has 0 aliphatic carbocycles. The van der Waals surface area contributed by atoms with E-state index in [0.29, 0.717) is 26.1 Å². The van der Waals surface area contributed by atoms with Crippen LogP contribution in [-0.2, 0) is 22.6 Å². The Morgan fingerprint density at radius 1 is 0.794 bits per heavy atom. The SMILES string of the molecule is COc1ccc(CN(Cc2ccc(OC)cc2)C(=O)CCCCCNC(=O)OC(C)(C)C)cc1. The standard InChI is InChI=1S/C27H38N2O5/c1-27(2,3)34-26(31)28-18-8-6-7-9-25(30)29(19-21-10-14-23(32-4)15-11-21)20-22-12-16-24(33-5)17-13-22/h10-17H,6-9,18-20H2,1-5H3,(H,28,31). The first kappa shape index (κ1) is 27.0. The first-order valence-corrected chi connectivity index (χ1v) is 11.7. The molecule has 34 heavy (non-hydrogen) atoms. The number of nitrogens with one attached hydrogen (secondary N) is 1. The van der Waals surface area contributed by atoms with Crippen LogP contribution in [0.3, 0.4) is 0 Å². The predicted octanol–water partition coefficient (Wildman–Crippen LogP) is 5.32. The van der Waals surface area contributed by atoms with E-state index in [4.69, 9.17) is 14.2 Å². The fourth-order valence-corrected chi connectivity index (χ4v) is 3.38. The second kappa shape index (κ2) is 13.5. The highest BCUT2D eigenvalue weighted by Crippen LogP contribution is 2.18. The van der Waals surface area contributed by atoms with E-state index in [1.807, 2.05) is 74.2 Å². The summed E-state index contributed by atoms with van der Waals surface area (Å²) < 4.78 is 15.7. The summed E-state index contributed by atoms with van der Waals surface area (Å²) in [4.78, 5) is 26.7. The number of hydrogen-bond acceptors (Lipinski definition) is 5. The number of carbonyl (C=O) groups excluding carboxylic acids is 2. The highest BCUT2D eigenvalue weighted by molar-refractivity contribution is 5.76. The number of benzene rings is 2. The van der Waals surface area contributed by atoms with Gasteiger partial charge in [0.25, 0.3) is 0 Å². The van der Waals surface area contributed by atoms with Gasteiger partial charge in [0.2, 0.25) is 5.91 Å². The van der Waals surface area contributed by atoms with Gasteiger partial charge in [0.15, 0.2) is 0 Å². The minimum absolute atomic E-state index is 0.103. The third-order valence-electron chi connectivity index (χ3n) is 5.15. The van der Waals surface area contributed by atoms with Crippen molar-refractivity contribution in [1.29, 1.82) is 0 Å². The van der Waals surface area contributed by atoms with Gasteiger partial charge in [0.05, 0.1) is 14.2 Å². The monoisotopic (exact) mass is 470 g/mol. The molecule has 0 unspecified atom stereocenters. The lowest BCUT2D eigenvalue weighted by Crippen LogP contribution is -2.33. The van der Waals surface area contributed by atoms with E-state index in [9.17, 15) is 9.59 Å². The van der Waals surface area contributed by atoms with Crippen LogP contribution in [0.5, 0.6) is 11.5 Å². The van der Waals surface area contributed by atoms with Gasteiger partial charge in [-0.25, -0.2) is 4.79 Å². The summed E-state index contributed by atoms with van der Waals surface area (Å²) in [5, 5.41) is 2.76. The minimum atomic E-state index is -0.506. The number of hydrogen-bond donors (Lipinski definition) is 1. The summed E-state index contributed by atoms with van der Waals surface area (Å²) in [6.07, 6.45) is 2.45. The van der Waals surface area contributed by atoms with Gasteiger partial charge in [-0.1, -0.05) is 30.7 Å². The molecule has 2 rings (SSSR count). The maximum atomic E-state index is 13.1. The van der Waals surface area contributed by atoms with E-state index >= 15 is 0 Å². The van der Waals surface area contributed by atoms with Crippen molar-refractivity contribution in [3.8, 4) is 11.5 Å². The number of ether oxygens (including phenoxy) is 3. The van der Waals surface area contributed by atoms with Gasteiger partial charge in [-0.2, -0.15) is 0 Å². The number of unbranched alkanes of at least 4 members (excludes halogenated alkanes) is 2. The first-order valence-electron chi connectivity index (χ1n) is 11.7. The molecule has 2 amide bonds. The van der Waals surface area contributed by atoms with Crippen LogP contribution in [0.15, 0.2) is 48.5 Å². The number of amides is 2. The molecule has 0 saturated carbocycles. The summed E-state index contributed by atoms with van der Waals surface area (Å²) in [5.74, 6) is 1.68. The van der Waals surface area contributed by atoms with Crippen molar-refractivity contribution in [2.24, 2.45) is 0 Å². The molecule has 7 heteroatoms. The van der Waals surface area contributed by atoms with Crippen LogP contribution in [-0.4, -0.2) is 43.3 Å². The van der Waals surface area contributed by atoms with Crippen LogP contribution in [0.4, 0.5) is 4.79 Å². The van der Waals surface area contributed by atoms with Crippen molar-refractivity contribution in [2.75, 3.05) is 20.8 Å². The minimum Gasteiger partial charge on any atom is -0.497 e. The Morgan fingerprint density at radius 2 is 1.29 bits per heavy atom. The lowest BCUT2D eigenvalue weighted by atomic mass is 10.1. The summed E-state index contributed by atoms with van der Waals surface area (Å²) in [5.41, 5.74) is 1.58. The summed E-state index contributed by atoms with van der Waals surface area (Å²) in [6.45, 7) is 7.08. The van der Waals surface area contributed by atoms with E-state index in [1.165, 1.54) is 0 Å². The molecule has 0 heterocycles. The van der Waals surface area contributed by atoms with E-state index in [0.717, 1.165) is 41.9 Å². The van der Waals surface area contributed by atoms with Gasteiger partial charge in [-0.15, -0.1) is 0 Å². The van der Waals surface area contributed by atoms with Crippen LogP contribution in [0.25, 0.3) is 0 Å². The fraction of sp³-hybridized carbons (Fsp3) is 0.481. The van der Waals surface area contributed by atoms with E-state index in [-0.39, 0.29) is 5.91 Å². The molecular formula is C27H38N2O5. The second-order valence-corrected chi connectivity index (χ2v) is 9.19. The summed E-state index contributed by atoms with van der Waals surface area (Å²) in [6, 6.07) is 15.5. The Labute approximate surface area is 203 Å². The van der Waals surface area contributed by atoms with E-state index < -0.39 is 11.7 Å². The number of carbonyl (C=O) groups is 2. The average molecular weight is 471 g/mol. The number of rotatable bonds is 12. The van der Waals surface area contributed by atoms with Crippen molar-refractivity contribution in [3.05, 3.63) is 59.7 Å². The van der Waals surface area contributed by atoms with Crippen LogP contribution >= 0.6 is 0 Å². The van der Waals surface area contributed by atoms with E-state index in [2.05, 4.69) is 5.32 Å². The van der Waals surface area contributed by atoms with E-state index in [1.54, 1.807) is 14.2 Å². The molecule has 0 radical (unpaired) electrons. The Hall–Kier alpha value is -3.22. The highest BCUT2D eigenvalue weighted by atomic mass is 16.6. The molecule has 0 bridgehead atoms. The van der Waals surface area contributed by atoms with Crippen LogP contribution in [0.1, 0.15) is 57.6 Å². The molecule has 0 fully saturated rings. The fourth-order valence-electron chi connectivity index (χ4n) is 3.38. The molecule has 186 valence electrons. The normalized spacial score (nSPS) is 11.0. The van der Waals surface area contributed by atoms with Crippen molar-refractivity contribution in [3.63, 3.8) is 0 Å². The number of methoxy groups -OCH3 is 2. The maximum Gasteiger partial charge on any atom is 0.407 e. The van der Waals surface area contributed by atoms with Gasteiger partial charge >= 0.3 is 6.09 Å². The van der Waals surface area contributed by atoms with Gasteiger partial charge in [-0.05, 0) is 69.0 Å². The zero-order valence-electron chi connectivity index (χ0n) is 21.1. The van der Waals surface area contributed by atoms with Crippen LogP contribution in [0, 0.1) is 0 Å². The van der Waals surface area contributed by atoms with Gasteiger partial charge in [0.1, 0.15) is 17.1 Å². The smallest absolute Gasteiger partial charge is 0.407 e. The van der Waals surface area contributed by atoms with Crippen molar-refractivity contribution < 1.29 is 23.8 Å². The molecule has 0 aliphatic rings. The third-order valence-corrected chi connectivity index (χ3v) is 5.15. The first-order chi connectivity index (χ1) is 16.2. The lowest BCUT2D eigenvalue weighted by Gasteiger charge is -2.23. The van der Waals surface area contributed by atoms with Crippen molar-refractivity contribution in [1.82, 2.24) is 10.2 Å². The zero-order chi connectivity index (χ0) is 25.0. The quantitative estimate of drug-likeness (QED) is 0.425. The third kappa shape index (κ3) is 10.1. The predicted molar refractivity (Wildman–Crippen MR) is 133 cm³/mol. The topological polar surface area (TPSA) is 77.1 Å². The average Bonchev–Trinajstić information content (AvgIpc) is 2.80. The molecule has 0 spiro atoms. The molecule has 7 nitrogen and oxygen atoms in total. The Balaban J connectivity index is 1.88. The Kier molecular flexibility index (Phi) is 10.7. The van der Waals surface area contributed by atoms with Gasteiger partial charge < -0.3 is 24.4 Å². The van der Waals surface area contributed by atoms with Crippen molar-refractivity contribution >= 4 is 12.0 Å². The highest BCUT2D eigenvalue weighted by Gasteiger charge is 2.16. The van der Waals surface area contributed by atoms with Crippen LogP contribution < -0.4 is 14.8 Å². The van der Waals surface area contributed by atoms with Gasteiger partial charge in [-0.3, -0.25) is 4.79 Å². The largest absolute Gasteiger partial charge is 0.497 e. The zero-order valence-corrected chi connectivity index (χ0v) is 21.1. The molecular weight excluding hydrogens is 432 g/mol. The Morgan fingerprint density at radius 3 is 1.74 bits per heavy atom. The lowest BCUT2D eigenvalue weighted by molar-refractivity contribution is -0.132. The molecule has 1 N–H and O–H groups in total. The van der Waals surface area contributed by atoms with Crippen LogP contribution in [0.2, 0.25) is 0 Å². The summed E-state index contributed by atoms with van der Waals surface area (Å²) in [7, 11) is 3.27. The summed E-state index contributed by atoms with van der Waals surface area (Å²) >= 11 is 0. The molecule has 0 saturated heterocycles. The molecule has 2 aromatic rings. The second-order valence-electron chi connectivity index (χ2n) is 9.19. The van der Waals surface area contributed by atoms with Crippen molar-refractivity contribution in [2.45, 2.75) is 65.1 Å². The molecule has 2 aromatic carbocycles. The molecule has 0 aromatic heterocycles. The number of alkyl carbamates (subject to hydrolysis) is 1.